The van der Waals surface area contributed by atoms with Gasteiger partial charge in [0.15, 0.2) is 6.73 Å². The fourth-order valence-corrected chi connectivity index (χ4v) is 2.29. The average molecular weight is 331 g/mol. The van der Waals surface area contributed by atoms with E-state index < -0.39 is 24.6 Å². The minimum atomic E-state index is -0.774. The maximum Gasteiger partial charge on any atom is 0.413 e. The van der Waals surface area contributed by atoms with Crippen LogP contribution < -0.4 is 5.32 Å². The number of nitrogens with one attached hydrogen (secondary N) is 1. The fraction of sp³-hybridized carbons (Fsp3) is 0.0625. The van der Waals surface area contributed by atoms with Gasteiger partial charge in [-0.05, 0) is 36.4 Å². The summed E-state index contributed by atoms with van der Waals surface area (Å²) in [7, 11) is 0. The van der Waals surface area contributed by atoms with Crippen molar-refractivity contribution >= 4 is 35.2 Å². The van der Waals surface area contributed by atoms with Gasteiger partial charge in [0, 0.05) is 10.7 Å². The first-order chi connectivity index (χ1) is 11.1. The van der Waals surface area contributed by atoms with E-state index in [0.717, 1.165) is 4.90 Å². The van der Waals surface area contributed by atoms with Gasteiger partial charge < -0.3 is 4.74 Å². The fourth-order valence-electron chi connectivity index (χ4n) is 2.17. The van der Waals surface area contributed by atoms with Crippen LogP contribution in [0.1, 0.15) is 20.7 Å². The smallest absolute Gasteiger partial charge is 0.413 e. The van der Waals surface area contributed by atoms with E-state index >= 15 is 0 Å². The maximum absolute atomic E-state index is 12.1. The number of imide groups is 1. The van der Waals surface area contributed by atoms with Crippen LogP contribution in [0, 0.1) is 0 Å². The van der Waals surface area contributed by atoms with Crippen molar-refractivity contribution in [3.8, 4) is 0 Å². The normalized spacial score (nSPS) is 13.0. The summed E-state index contributed by atoms with van der Waals surface area (Å²) in [6.07, 6.45) is -0.774. The number of halogens is 1. The summed E-state index contributed by atoms with van der Waals surface area (Å²) in [6, 6.07) is 12.9. The standard InChI is InChI=1S/C16H11ClN2O4/c17-10-5-7-11(8-6-10)18-16(22)23-9-19-14(20)12-3-1-2-4-13(12)15(19)21/h1-8H,9H2,(H,18,22). The van der Waals surface area contributed by atoms with Crippen LogP contribution in [0.5, 0.6) is 0 Å². The number of anilines is 1. The SMILES string of the molecule is O=C(Nc1ccc(Cl)cc1)OCN1C(=O)c2ccccc2C1=O. The van der Waals surface area contributed by atoms with Gasteiger partial charge in [-0.3, -0.25) is 14.9 Å². The topological polar surface area (TPSA) is 75.7 Å². The van der Waals surface area contributed by atoms with E-state index in [0.29, 0.717) is 21.8 Å². The average Bonchev–Trinajstić information content (AvgIpc) is 2.80. The van der Waals surface area contributed by atoms with Crippen LogP contribution in [-0.4, -0.2) is 29.5 Å². The predicted octanol–water partition coefficient (Wildman–Crippen LogP) is 3.14. The molecule has 0 aromatic heterocycles. The molecule has 7 heteroatoms. The summed E-state index contributed by atoms with van der Waals surface area (Å²) in [5.74, 6) is -0.963. The minimum Gasteiger partial charge on any atom is -0.427 e. The van der Waals surface area contributed by atoms with Gasteiger partial charge in [0.05, 0.1) is 11.1 Å². The third-order valence-electron chi connectivity index (χ3n) is 3.29. The Morgan fingerprint density at radius 3 is 2.13 bits per heavy atom. The van der Waals surface area contributed by atoms with Crippen molar-refractivity contribution in [3.63, 3.8) is 0 Å². The molecule has 1 aliphatic heterocycles. The largest absolute Gasteiger partial charge is 0.427 e. The molecule has 6 nitrogen and oxygen atoms in total. The highest BCUT2D eigenvalue weighted by molar-refractivity contribution is 6.30. The third-order valence-corrected chi connectivity index (χ3v) is 3.55. The first-order valence-corrected chi connectivity index (χ1v) is 7.08. The molecule has 0 unspecified atom stereocenters. The van der Waals surface area contributed by atoms with Crippen LogP contribution in [0.3, 0.4) is 0 Å². The van der Waals surface area contributed by atoms with Crippen molar-refractivity contribution in [2.45, 2.75) is 0 Å². The van der Waals surface area contributed by atoms with Gasteiger partial charge in [0.1, 0.15) is 0 Å². The molecule has 0 saturated carbocycles. The van der Waals surface area contributed by atoms with Crippen LogP contribution in [-0.2, 0) is 4.74 Å². The Balaban J connectivity index is 1.61. The number of ether oxygens (including phenoxy) is 1. The quantitative estimate of drug-likeness (QED) is 0.877. The molecule has 0 bridgehead atoms. The van der Waals surface area contributed by atoms with E-state index in [9.17, 15) is 14.4 Å². The lowest BCUT2D eigenvalue weighted by atomic mass is 10.1. The van der Waals surface area contributed by atoms with E-state index in [1.54, 1.807) is 48.5 Å². The molecule has 0 radical (unpaired) electrons. The van der Waals surface area contributed by atoms with Gasteiger partial charge in [-0.15, -0.1) is 0 Å². The summed E-state index contributed by atoms with van der Waals surface area (Å²) in [4.78, 5) is 36.8. The highest BCUT2D eigenvalue weighted by Gasteiger charge is 2.35. The zero-order valence-corrected chi connectivity index (χ0v) is 12.5. The highest BCUT2D eigenvalue weighted by Crippen LogP contribution is 2.22. The molecule has 2 aromatic rings. The second-order valence-electron chi connectivity index (χ2n) is 4.78. The maximum atomic E-state index is 12.1. The number of nitrogens with zero attached hydrogens (tertiary/aromatic N) is 1. The van der Waals surface area contributed by atoms with E-state index in [1.165, 1.54) is 0 Å². The molecule has 23 heavy (non-hydrogen) atoms. The lowest BCUT2D eigenvalue weighted by Gasteiger charge is -2.14. The van der Waals surface area contributed by atoms with Gasteiger partial charge in [-0.1, -0.05) is 23.7 Å². The number of benzene rings is 2. The molecular weight excluding hydrogens is 320 g/mol. The number of hydrogen-bond acceptors (Lipinski definition) is 4. The molecule has 0 atom stereocenters. The number of carbonyl (C=O) groups excluding carboxylic acids is 3. The molecule has 1 N–H and O–H groups in total. The molecule has 2 aromatic carbocycles. The first kappa shape index (κ1) is 15.1. The number of rotatable bonds is 3. The summed E-state index contributed by atoms with van der Waals surface area (Å²) in [6.45, 7) is -0.453. The molecule has 1 aliphatic rings. The van der Waals surface area contributed by atoms with Crippen LogP contribution in [0.15, 0.2) is 48.5 Å². The van der Waals surface area contributed by atoms with Crippen LogP contribution >= 0.6 is 11.6 Å². The van der Waals surface area contributed by atoms with E-state index in [4.69, 9.17) is 16.3 Å². The third kappa shape index (κ3) is 3.02. The summed E-state index contributed by atoms with van der Waals surface area (Å²) in [5.41, 5.74) is 1.10. The van der Waals surface area contributed by atoms with Crippen molar-refractivity contribution in [1.82, 2.24) is 4.90 Å². The van der Waals surface area contributed by atoms with E-state index in [1.807, 2.05) is 0 Å². The Labute approximate surface area is 136 Å². The highest BCUT2D eigenvalue weighted by atomic mass is 35.5. The summed E-state index contributed by atoms with van der Waals surface area (Å²) < 4.78 is 4.93. The lowest BCUT2D eigenvalue weighted by molar-refractivity contribution is 0.0449. The van der Waals surface area contributed by atoms with Crippen LogP contribution in [0.25, 0.3) is 0 Å². The first-order valence-electron chi connectivity index (χ1n) is 6.71. The van der Waals surface area contributed by atoms with Gasteiger partial charge in [0.2, 0.25) is 0 Å². The number of amides is 3. The Morgan fingerprint density at radius 2 is 1.57 bits per heavy atom. The number of carbonyl (C=O) groups is 3. The van der Waals surface area contributed by atoms with Crippen molar-refractivity contribution in [2.75, 3.05) is 12.0 Å². The number of fused-ring (bicyclic) bond motifs is 1. The van der Waals surface area contributed by atoms with E-state index in [2.05, 4.69) is 5.32 Å². The monoisotopic (exact) mass is 330 g/mol. The Hall–Kier alpha value is -2.86. The predicted molar refractivity (Wildman–Crippen MR) is 83.4 cm³/mol. The molecule has 0 fully saturated rings. The molecule has 1 heterocycles. The second-order valence-corrected chi connectivity index (χ2v) is 5.21. The Morgan fingerprint density at radius 1 is 1.00 bits per heavy atom. The minimum absolute atomic E-state index is 0.305. The molecular formula is C16H11ClN2O4. The van der Waals surface area contributed by atoms with Gasteiger partial charge in [-0.2, -0.15) is 0 Å². The molecule has 3 amide bonds. The van der Waals surface area contributed by atoms with Crippen molar-refractivity contribution in [1.29, 1.82) is 0 Å². The van der Waals surface area contributed by atoms with Gasteiger partial charge in [-0.25, -0.2) is 9.69 Å². The Kier molecular flexibility index (Phi) is 3.99. The second kappa shape index (κ2) is 6.10. The van der Waals surface area contributed by atoms with Crippen molar-refractivity contribution < 1.29 is 19.1 Å². The lowest BCUT2D eigenvalue weighted by Crippen LogP contribution is -2.34. The molecule has 3 rings (SSSR count). The van der Waals surface area contributed by atoms with Gasteiger partial charge >= 0.3 is 6.09 Å². The molecule has 116 valence electrons. The van der Waals surface area contributed by atoms with Crippen molar-refractivity contribution in [3.05, 3.63) is 64.7 Å². The summed E-state index contributed by atoms with van der Waals surface area (Å²) in [5, 5.41) is 3.01. The number of hydrogen-bond donors (Lipinski definition) is 1. The molecule has 0 spiro atoms. The van der Waals surface area contributed by atoms with Gasteiger partial charge in [0.25, 0.3) is 11.8 Å². The molecule has 0 aliphatic carbocycles. The van der Waals surface area contributed by atoms with Crippen LogP contribution in [0.2, 0.25) is 5.02 Å². The molecule has 0 saturated heterocycles. The summed E-state index contributed by atoms with van der Waals surface area (Å²) >= 11 is 5.75. The zero-order chi connectivity index (χ0) is 16.4. The van der Waals surface area contributed by atoms with Crippen LogP contribution in [0.4, 0.5) is 10.5 Å². The van der Waals surface area contributed by atoms with E-state index in [-0.39, 0.29) is 0 Å². The van der Waals surface area contributed by atoms with Crippen molar-refractivity contribution in [2.24, 2.45) is 0 Å². The zero-order valence-electron chi connectivity index (χ0n) is 11.8. The Bertz CT molecular complexity index is 754.